The lowest BCUT2D eigenvalue weighted by atomic mass is 9.97. The number of rotatable bonds is 4. The van der Waals surface area contributed by atoms with Crippen LogP contribution in [0.4, 0.5) is 20.6 Å². The van der Waals surface area contributed by atoms with Gasteiger partial charge in [-0.15, -0.1) is 0 Å². The van der Waals surface area contributed by atoms with E-state index in [4.69, 9.17) is 0 Å². The maximum Gasteiger partial charge on any atom is 0.328 e. The summed E-state index contributed by atoms with van der Waals surface area (Å²) in [5, 5.41) is 5.67. The summed E-state index contributed by atoms with van der Waals surface area (Å²) in [6.07, 6.45) is 2.69. The largest absolute Gasteiger partial charge is 0.369 e. The Kier molecular flexibility index (Phi) is 5.77. The highest BCUT2D eigenvalue weighted by molar-refractivity contribution is 6.05. The van der Waals surface area contributed by atoms with Crippen LogP contribution in [-0.4, -0.2) is 69.2 Å². The molecule has 152 valence electrons. The third kappa shape index (κ3) is 4.28. The van der Waals surface area contributed by atoms with Gasteiger partial charge in [0.15, 0.2) is 0 Å². The summed E-state index contributed by atoms with van der Waals surface area (Å²) in [4.78, 5) is 29.5. The second-order valence-electron chi connectivity index (χ2n) is 7.87. The van der Waals surface area contributed by atoms with Crippen LogP contribution in [0.1, 0.15) is 19.3 Å². The molecule has 0 spiro atoms. The predicted molar refractivity (Wildman–Crippen MR) is 106 cm³/mol. The number of hydrogen-bond acceptors (Lipinski definition) is 5. The fourth-order valence-electron chi connectivity index (χ4n) is 4.32. The summed E-state index contributed by atoms with van der Waals surface area (Å²) < 4.78 is 14.4. The average molecular weight is 389 g/mol. The molecule has 0 atom stereocenters. The zero-order valence-corrected chi connectivity index (χ0v) is 16.1. The Hall–Kier alpha value is -2.19. The van der Waals surface area contributed by atoms with Gasteiger partial charge in [-0.3, -0.25) is 19.9 Å². The molecule has 0 bridgehead atoms. The number of piperazine rings is 1. The number of imide groups is 1. The van der Waals surface area contributed by atoms with Crippen molar-refractivity contribution in [3.8, 4) is 0 Å². The van der Waals surface area contributed by atoms with Crippen LogP contribution in [0.3, 0.4) is 0 Å². The molecule has 3 saturated heterocycles. The van der Waals surface area contributed by atoms with E-state index >= 15 is 0 Å². The fraction of sp³-hybridized carbons (Fsp3) is 0.600. The number of piperidine rings is 1. The number of carbonyl (C=O) groups is 2. The predicted octanol–water partition coefficient (Wildman–Crippen LogP) is 1.39. The average Bonchev–Trinajstić information content (AvgIpc) is 2.70. The SMILES string of the molecule is O=C1CCN(c2cc(N3CCN(CC4CCNCC4)CC3)ccc2F)C(=O)N1. The third-order valence-corrected chi connectivity index (χ3v) is 5.99. The molecule has 0 aromatic heterocycles. The molecular weight excluding hydrogens is 361 g/mol. The van der Waals surface area contributed by atoms with E-state index in [1.54, 1.807) is 12.1 Å². The van der Waals surface area contributed by atoms with E-state index in [1.807, 2.05) is 0 Å². The monoisotopic (exact) mass is 389 g/mol. The van der Waals surface area contributed by atoms with Crippen molar-refractivity contribution >= 4 is 23.3 Å². The van der Waals surface area contributed by atoms with Crippen molar-refractivity contribution in [3.05, 3.63) is 24.0 Å². The van der Waals surface area contributed by atoms with Gasteiger partial charge in [-0.05, 0) is 50.0 Å². The van der Waals surface area contributed by atoms with Crippen molar-refractivity contribution in [1.82, 2.24) is 15.5 Å². The second kappa shape index (κ2) is 8.45. The normalized spacial score (nSPS) is 22.5. The topological polar surface area (TPSA) is 67.9 Å². The molecule has 28 heavy (non-hydrogen) atoms. The molecule has 0 saturated carbocycles. The van der Waals surface area contributed by atoms with Crippen molar-refractivity contribution in [2.45, 2.75) is 19.3 Å². The Balaban J connectivity index is 1.38. The highest BCUT2D eigenvalue weighted by Gasteiger charge is 2.27. The van der Waals surface area contributed by atoms with Gasteiger partial charge in [0.05, 0.1) is 5.69 Å². The molecule has 7 nitrogen and oxygen atoms in total. The quantitative estimate of drug-likeness (QED) is 0.815. The van der Waals surface area contributed by atoms with Crippen LogP contribution in [0.15, 0.2) is 18.2 Å². The number of anilines is 2. The van der Waals surface area contributed by atoms with E-state index in [-0.39, 0.29) is 24.6 Å². The van der Waals surface area contributed by atoms with Gasteiger partial charge in [0.2, 0.25) is 5.91 Å². The maximum absolute atomic E-state index is 14.4. The van der Waals surface area contributed by atoms with Crippen molar-refractivity contribution in [3.63, 3.8) is 0 Å². The molecule has 3 heterocycles. The number of hydrogen-bond donors (Lipinski definition) is 2. The highest BCUT2D eigenvalue weighted by atomic mass is 19.1. The molecule has 0 aliphatic carbocycles. The standard InChI is InChI=1S/C20H28FN5O2/c21-17-2-1-16(13-18(17)26-8-5-19(27)23-20(26)28)25-11-9-24(10-12-25)14-15-3-6-22-7-4-15/h1-2,13,15,22H,3-12,14H2,(H,23,27,28). The Morgan fingerprint density at radius 1 is 1.04 bits per heavy atom. The van der Waals surface area contributed by atoms with Gasteiger partial charge in [-0.1, -0.05) is 0 Å². The van der Waals surface area contributed by atoms with Crippen LogP contribution in [0.5, 0.6) is 0 Å². The number of benzene rings is 1. The molecule has 2 N–H and O–H groups in total. The van der Waals surface area contributed by atoms with Gasteiger partial charge in [0, 0.05) is 51.4 Å². The molecule has 4 rings (SSSR count). The molecule has 3 aliphatic rings. The van der Waals surface area contributed by atoms with Crippen molar-refractivity contribution in [2.24, 2.45) is 5.92 Å². The lowest BCUT2D eigenvalue weighted by molar-refractivity contribution is -0.120. The first kappa shape index (κ1) is 19.1. The summed E-state index contributed by atoms with van der Waals surface area (Å²) in [5.41, 5.74) is 1.15. The zero-order valence-electron chi connectivity index (χ0n) is 16.1. The van der Waals surface area contributed by atoms with Crippen LogP contribution >= 0.6 is 0 Å². The van der Waals surface area contributed by atoms with Crippen molar-refractivity contribution < 1.29 is 14.0 Å². The molecule has 1 aromatic rings. The van der Waals surface area contributed by atoms with Crippen LogP contribution < -0.4 is 20.4 Å². The van der Waals surface area contributed by atoms with E-state index in [0.717, 1.165) is 57.4 Å². The summed E-state index contributed by atoms with van der Waals surface area (Å²) in [7, 11) is 0. The highest BCUT2D eigenvalue weighted by Crippen LogP contribution is 2.28. The summed E-state index contributed by atoms with van der Waals surface area (Å²) in [6, 6.07) is 4.36. The minimum atomic E-state index is -0.556. The summed E-state index contributed by atoms with van der Waals surface area (Å²) in [5.74, 6) is 0.0195. The third-order valence-electron chi connectivity index (χ3n) is 5.99. The molecule has 0 radical (unpaired) electrons. The van der Waals surface area contributed by atoms with Crippen molar-refractivity contribution in [1.29, 1.82) is 0 Å². The van der Waals surface area contributed by atoms with Gasteiger partial charge < -0.3 is 10.2 Å². The minimum Gasteiger partial charge on any atom is -0.369 e. The van der Waals surface area contributed by atoms with Gasteiger partial charge >= 0.3 is 6.03 Å². The maximum atomic E-state index is 14.4. The van der Waals surface area contributed by atoms with E-state index in [2.05, 4.69) is 20.4 Å². The number of halogens is 1. The van der Waals surface area contributed by atoms with E-state index in [1.165, 1.54) is 23.8 Å². The second-order valence-corrected chi connectivity index (χ2v) is 7.87. The molecule has 3 amide bonds. The van der Waals surface area contributed by atoms with E-state index in [0.29, 0.717) is 0 Å². The lowest BCUT2D eigenvalue weighted by Crippen LogP contribution is -2.50. The number of urea groups is 1. The Bertz CT molecular complexity index is 729. The zero-order chi connectivity index (χ0) is 19.5. The lowest BCUT2D eigenvalue weighted by Gasteiger charge is -2.38. The first-order valence-corrected chi connectivity index (χ1v) is 10.2. The molecule has 1 aromatic carbocycles. The Morgan fingerprint density at radius 3 is 2.50 bits per heavy atom. The molecule has 3 fully saturated rings. The molecular formula is C20H28FN5O2. The number of carbonyl (C=O) groups excluding carboxylic acids is 2. The first-order chi connectivity index (χ1) is 13.6. The van der Waals surface area contributed by atoms with Crippen LogP contribution in [0.25, 0.3) is 0 Å². The first-order valence-electron chi connectivity index (χ1n) is 10.2. The molecule has 8 heteroatoms. The summed E-state index contributed by atoms with van der Waals surface area (Å²) >= 11 is 0. The van der Waals surface area contributed by atoms with Crippen LogP contribution in [0.2, 0.25) is 0 Å². The van der Waals surface area contributed by atoms with Crippen LogP contribution in [0, 0.1) is 11.7 Å². The Labute approximate surface area is 164 Å². The fourth-order valence-corrected chi connectivity index (χ4v) is 4.32. The van der Waals surface area contributed by atoms with Gasteiger partial charge in [-0.2, -0.15) is 0 Å². The van der Waals surface area contributed by atoms with E-state index in [9.17, 15) is 14.0 Å². The minimum absolute atomic E-state index is 0.185. The number of nitrogens with zero attached hydrogens (tertiary/aromatic N) is 3. The van der Waals surface area contributed by atoms with Crippen LogP contribution in [-0.2, 0) is 4.79 Å². The number of amides is 3. The summed E-state index contributed by atoms with van der Waals surface area (Å²) in [6.45, 7) is 7.38. The smallest absolute Gasteiger partial charge is 0.328 e. The van der Waals surface area contributed by atoms with Gasteiger partial charge in [0.25, 0.3) is 0 Å². The number of nitrogens with one attached hydrogen (secondary N) is 2. The van der Waals surface area contributed by atoms with Gasteiger partial charge in [-0.25, -0.2) is 9.18 Å². The molecule has 3 aliphatic heterocycles. The molecule has 0 unspecified atom stereocenters. The van der Waals surface area contributed by atoms with Crippen molar-refractivity contribution in [2.75, 3.05) is 62.2 Å². The Morgan fingerprint density at radius 2 is 1.79 bits per heavy atom. The van der Waals surface area contributed by atoms with Gasteiger partial charge in [0.1, 0.15) is 5.82 Å². The van der Waals surface area contributed by atoms with E-state index < -0.39 is 11.8 Å².